The van der Waals surface area contributed by atoms with Gasteiger partial charge in [0, 0.05) is 56.1 Å². The van der Waals surface area contributed by atoms with Crippen molar-refractivity contribution < 1.29 is 92.2 Å². The molecule has 0 aromatic carbocycles. The summed E-state index contributed by atoms with van der Waals surface area (Å²) in [6.45, 7) is 7.87. The number of ether oxygens (including phenoxy) is 8. The van der Waals surface area contributed by atoms with Crippen molar-refractivity contribution in [3.05, 3.63) is 0 Å². The van der Waals surface area contributed by atoms with Crippen LogP contribution in [0, 0.1) is 44.1 Å². The first-order valence-electron chi connectivity index (χ1n) is 10.8. The summed E-state index contributed by atoms with van der Waals surface area (Å²) in [6, 6.07) is -0.549. The van der Waals surface area contributed by atoms with Crippen molar-refractivity contribution in [2.75, 3.05) is 33.0 Å². The summed E-state index contributed by atoms with van der Waals surface area (Å²) in [5.41, 5.74) is 0. The molecule has 4 heterocycles. The van der Waals surface area contributed by atoms with Crippen LogP contribution in [0.5, 0.6) is 0 Å². The van der Waals surface area contributed by atoms with Gasteiger partial charge in [-0.05, 0) is 41.9 Å². The Morgan fingerprint density at radius 3 is 1.32 bits per heavy atom. The van der Waals surface area contributed by atoms with E-state index in [1.54, 1.807) is 0 Å². The minimum atomic E-state index is -0.694. The minimum Gasteiger partial charge on any atom is -0.391 e. The van der Waals surface area contributed by atoms with Crippen LogP contribution in [0.2, 0.25) is 0 Å². The molecule has 0 aromatic heterocycles. The van der Waals surface area contributed by atoms with Gasteiger partial charge in [0.15, 0.2) is 31.5 Å². The van der Waals surface area contributed by atoms with E-state index in [2.05, 4.69) is 29.5 Å². The molecule has 0 saturated carbocycles. The molecule has 15 heteroatoms. The van der Waals surface area contributed by atoms with Crippen LogP contribution in [-0.4, -0.2) is 107 Å². The second kappa shape index (κ2) is 23.2. The molecule has 34 heavy (non-hydrogen) atoms. The maximum Gasteiger partial charge on any atom is 0.181 e. The van der Waals surface area contributed by atoms with Crippen molar-refractivity contribution in [3.63, 3.8) is 0 Å². The molecule has 4 fully saturated rings. The minimum absolute atomic E-state index is 0. The Balaban J connectivity index is 0. The van der Waals surface area contributed by atoms with E-state index in [0.717, 1.165) is 25.9 Å². The molecule has 0 amide bonds. The average molecular weight is 833 g/mol. The van der Waals surface area contributed by atoms with E-state index in [1.165, 1.54) is 0 Å². The molecule has 4 aliphatic heterocycles. The van der Waals surface area contributed by atoms with Gasteiger partial charge in [-0.25, -0.2) is 0 Å². The molecule has 5 radical (unpaired) electrons. The number of aliphatic hydroxyl groups is 2. The van der Waals surface area contributed by atoms with Crippen molar-refractivity contribution in [3.8, 4) is 0 Å². The van der Waals surface area contributed by atoms with Crippen molar-refractivity contribution in [1.29, 1.82) is 0 Å². The maximum absolute atomic E-state index is 8.68. The third-order valence-electron chi connectivity index (χ3n) is 4.14. The Morgan fingerprint density at radius 1 is 0.706 bits per heavy atom. The second-order valence-electron chi connectivity index (χ2n) is 6.94. The zero-order chi connectivity index (χ0) is 23.9. The van der Waals surface area contributed by atoms with Gasteiger partial charge < -0.3 is 48.1 Å². The van der Waals surface area contributed by atoms with Gasteiger partial charge in [0.2, 0.25) is 0 Å². The Hall–Kier alpha value is 2.33. The molecule has 0 spiro atoms. The quantitative estimate of drug-likeness (QED) is 0.183. The van der Waals surface area contributed by atoms with E-state index >= 15 is 0 Å². The molecule has 4 rings (SSSR count). The molecule has 0 bridgehead atoms. The van der Waals surface area contributed by atoms with E-state index in [9.17, 15) is 0 Å². The van der Waals surface area contributed by atoms with E-state index in [4.69, 9.17) is 63.8 Å². The van der Waals surface area contributed by atoms with E-state index < -0.39 is 12.6 Å². The molecule has 4 aliphatic rings. The van der Waals surface area contributed by atoms with Gasteiger partial charge in [-0.2, -0.15) is 9.90 Å². The molecule has 3 unspecified atom stereocenters. The summed E-state index contributed by atoms with van der Waals surface area (Å²) in [7, 11) is 10.6. The van der Waals surface area contributed by atoms with Gasteiger partial charge in [-0.3, -0.25) is 0 Å². The molecule has 4 saturated heterocycles. The normalized spacial score (nSPS) is 35.9. The largest absolute Gasteiger partial charge is 0.391 e. The van der Waals surface area contributed by atoms with Crippen LogP contribution in [0.3, 0.4) is 0 Å². The fourth-order valence-corrected chi connectivity index (χ4v) is 3.09. The Bertz CT molecular complexity index is 403. The zero-order valence-electron chi connectivity index (χ0n) is 20.3. The first-order chi connectivity index (χ1) is 15.3. The monoisotopic (exact) mass is 833 g/mol. The van der Waals surface area contributed by atoms with Crippen LogP contribution in [-0.2, 0) is 37.9 Å². The van der Waals surface area contributed by atoms with Gasteiger partial charge in [-0.15, -0.1) is 0 Å². The van der Waals surface area contributed by atoms with Gasteiger partial charge in [-0.1, -0.05) is 20.8 Å². The smallest absolute Gasteiger partial charge is 0.181 e. The van der Waals surface area contributed by atoms with E-state index in [-0.39, 0.29) is 95.6 Å². The average Bonchev–Trinajstić information content (AvgIpc) is 3.58. The van der Waals surface area contributed by atoms with Crippen molar-refractivity contribution in [1.82, 2.24) is 0 Å². The summed E-state index contributed by atoms with van der Waals surface area (Å²) in [5, 5.41) is 17.1. The number of aliphatic hydroxyl groups excluding tert-OH is 2. The standard InChI is InChI=1S/C5H9BO2.C5H9IO2.C5H10O3.C4H7BO3.Ac.H3P/c3*1-2-5-7-3-4(6)8-5;5-3-2-7-4(1-6)8-3;;/h2*4-5H,2-3H2,1H3;4-6H,2-3H2,1H3;3-4,6H,1-2H2;;1H3/t4-,5-;2*4?,5-;3-,4-;;/m0000../s1. The van der Waals surface area contributed by atoms with Crippen LogP contribution in [0.15, 0.2) is 0 Å². The Kier molecular flexibility index (Phi) is 26.3. The number of rotatable bonds is 4. The number of hydrogen-bond donors (Lipinski definition) is 2. The summed E-state index contributed by atoms with van der Waals surface area (Å²) >= 11 is 2.22. The predicted octanol–water partition coefficient (Wildman–Crippen LogP) is 0.786. The van der Waals surface area contributed by atoms with Crippen molar-refractivity contribution >= 4 is 48.2 Å². The van der Waals surface area contributed by atoms with E-state index in [1.807, 2.05) is 13.8 Å². The van der Waals surface area contributed by atoms with Gasteiger partial charge >= 0.3 is 0 Å². The third kappa shape index (κ3) is 17.8. The topological polar surface area (TPSA) is 114 Å². The van der Waals surface area contributed by atoms with Crippen LogP contribution >= 0.6 is 32.5 Å². The van der Waals surface area contributed by atoms with Gasteiger partial charge in [0.1, 0.15) is 26.4 Å². The van der Waals surface area contributed by atoms with Crippen molar-refractivity contribution in [2.45, 2.75) is 87.6 Å². The number of alkyl halides is 1. The predicted molar refractivity (Wildman–Crippen MR) is 135 cm³/mol. The molecule has 0 aliphatic carbocycles. The third-order valence-corrected chi connectivity index (χ3v) is 4.79. The first kappa shape index (κ1) is 38.5. The molecule has 195 valence electrons. The van der Waals surface area contributed by atoms with Gasteiger partial charge in [0.05, 0.1) is 26.4 Å². The fraction of sp³-hybridized carbons (Fsp3) is 1.00. The van der Waals surface area contributed by atoms with Crippen LogP contribution in [0.4, 0.5) is 0 Å². The zero-order valence-corrected chi connectivity index (χ0v) is 28.6. The van der Waals surface area contributed by atoms with E-state index in [0.29, 0.717) is 19.8 Å². The van der Waals surface area contributed by atoms with Gasteiger partial charge in [0.25, 0.3) is 0 Å². The molecular formula is C19H38AcB2IO10P. The first-order valence-corrected chi connectivity index (χ1v) is 12.1. The van der Waals surface area contributed by atoms with Crippen LogP contribution < -0.4 is 0 Å². The van der Waals surface area contributed by atoms with Crippen LogP contribution in [0.1, 0.15) is 40.0 Å². The summed E-state index contributed by atoms with van der Waals surface area (Å²) in [5.74, 6) is 0. The Labute approximate surface area is 258 Å². The molecule has 0 aromatic rings. The summed E-state index contributed by atoms with van der Waals surface area (Å²) in [4.78, 5) is 0. The second-order valence-corrected chi connectivity index (χ2v) is 8.33. The Morgan fingerprint density at radius 2 is 1.12 bits per heavy atom. The van der Waals surface area contributed by atoms with Crippen LogP contribution in [0.25, 0.3) is 0 Å². The van der Waals surface area contributed by atoms with Crippen molar-refractivity contribution in [2.24, 2.45) is 0 Å². The summed E-state index contributed by atoms with van der Waals surface area (Å²) < 4.78 is 40.3. The molecular weight excluding hydrogens is 795 g/mol. The maximum atomic E-state index is 8.68. The molecule has 10 nitrogen and oxygen atoms in total. The summed E-state index contributed by atoms with van der Waals surface area (Å²) in [6.07, 6.45) is 1.29. The molecule has 9 atom stereocenters. The molecule has 2 N–H and O–H groups in total. The number of halogens is 1. The number of hydrogen-bond acceptors (Lipinski definition) is 10. The SMILES string of the molecule is CC[C@H]1OCC(I)O1.CC[C@H]1OCC(O)O1.P.[Ac].[B][C@@H]1CO[C@H](CC)O1.[B][C@@H]1CO[C@H](CO)O1. The fourth-order valence-electron chi connectivity index (χ4n) is 2.56.